The lowest BCUT2D eigenvalue weighted by molar-refractivity contribution is -0.161. The van der Waals surface area contributed by atoms with Gasteiger partial charge in [-0.2, -0.15) is 0 Å². The Kier molecular flexibility index (Phi) is 61.4. The van der Waals surface area contributed by atoms with Gasteiger partial charge in [0.2, 0.25) is 0 Å². The van der Waals surface area contributed by atoms with Crippen LogP contribution in [-0.4, -0.2) is 49.3 Å². The van der Waals surface area contributed by atoms with Crippen LogP contribution in [0.15, 0.2) is 24.3 Å². The molecule has 0 spiro atoms. The first kappa shape index (κ1) is 74.5. The average molecular weight is 1090 g/mol. The minimum absolute atomic E-state index is 0.0551. The molecule has 0 aliphatic rings. The van der Waals surface area contributed by atoms with Gasteiger partial charge >= 0.3 is 19.8 Å². The lowest BCUT2D eigenvalue weighted by Crippen LogP contribution is -2.29. The van der Waals surface area contributed by atoms with Gasteiger partial charge in [-0.15, -0.1) is 0 Å². The van der Waals surface area contributed by atoms with E-state index >= 15 is 0 Å². The largest absolute Gasteiger partial charge is 0.472 e. The van der Waals surface area contributed by atoms with Gasteiger partial charge in [0.05, 0.1) is 13.2 Å². The maximum atomic E-state index is 12.7. The maximum absolute atomic E-state index is 12.7. The first-order chi connectivity index (χ1) is 37.3. The normalized spacial score (nSPS) is 13.1. The van der Waals surface area contributed by atoms with Crippen molar-refractivity contribution in [3.8, 4) is 0 Å². The first-order valence-electron chi connectivity index (χ1n) is 33.3. The molecule has 76 heavy (non-hydrogen) atoms. The summed E-state index contributed by atoms with van der Waals surface area (Å²) in [6, 6.07) is 0. The highest BCUT2D eigenvalue weighted by Gasteiger charge is 2.26. The number of nitrogens with two attached hydrogens (primary N) is 1. The van der Waals surface area contributed by atoms with Crippen LogP contribution >= 0.6 is 7.82 Å². The topological polar surface area (TPSA) is 134 Å². The number of carbonyl (C=O) groups is 2. The Morgan fingerprint density at radius 3 is 0.934 bits per heavy atom. The van der Waals surface area contributed by atoms with E-state index in [1.54, 1.807) is 0 Å². The van der Waals surface area contributed by atoms with Gasteiger partial charge in [-0.3, -0.25) is 18.6 Å². The monoisotopic (exact) mass is 1090 g/mol. The Morgan fingerprint density at radius 2 is 0.645 bits per heavy atom. The number of ether oxygens (including phenoxy) is 2. The molecule has 0 aromatic rings. The molecule has 0 aromatic heterocycles. The molecule has 0 aromatic carbocycles. The van der Waals surface area contributed by atoms with Crippen LogP contribution in [0.3, 0.4) is 0 Å². The molecule has 2 unspecified atom stereocenters. The Bertz CT molecular complexity index is 1290. The van der Waals surface area contributed by atoms with Crippen molar-refractivity contribution in [2.24, 2.45) is 5.73 Å². The van der Waals surface area contributed by atoms with Gasteiger partial charge in [0.25, 0.3) is 0 Å². The Morgan fingerprint density at radius 1 is 0.382 bits per heavy atom. The number of rotatable bonds is 64. The lowest BCUT2D eigenvalue weighted by Gasteiger charge is -2.19. The predicted molar refractivity (Wildman–Crippen MR) is 326 cm³/mol. The SMILES string of the molecule is CCCCCCCCC/C=C\CCCCCCCC(=O)OCC(COP(=O)(O)OCCN)OC(=O)CCCCCCCCCCCCCCCCCCCCCCCCCCCCC/C=C\CCCCCCCCCC. The van der Waals surface area contributed by atoms with Crippen molar-refractivity contribution >= 4 is 19.8 Å². The van der Waals surface area contributed by atoms with Crippen molar-refractivity contribution in [1.29, 1.82) is 0 Å². The Balaban J connectivity index is 3.74. The van der Waals surface area contributed by atoms with E-state index in [1.807, 2.05) is 0 Å². The van der Waals surface area contributed by atoms with Crippen LogP contribution in [-0.2, 0) is 32.7 Å². The van der Waals surface area contributed by atoms with Gasteiger partial charge in [0, 0.05) is 19.4 Å². The molecule has 0 bridgehead atoms. The second kappa shape index (κ2) is 62.7. The molecule has 0 fully saturated rings. The van der Waals surface area contributed by atoms with Crippen LogP contribution in [0.25, 0.3) is 0 Å². The van der Waals surface area contributed by atoms with Crippen LogP contribution in [0.2, 0.25) is 0 Å². The van der Waals surface area contributed by atoms with Crippen LogP contribution in [0, 0.1) is 0 Å². The second-order valence-electron chi connectivity index (χ2n) is 22.7. The predicted octanol–water partition coefficient (Wildman–Crippen LogP) is 21.4. The molecule has 9 nitrogen and oxygen atoms in total. The highest BCUT2D eigenvalue weighted by molar-refractivity contribution is 7.47. The molecular formula is C66H128NO8P. The Hall–Kier alpha value is -1.51. The number of phosphoric ester groups is 1. The maximum Gasteiger partial charge on any atom is 0.472 e. The molecule has 0 aliphatic heterocycles. The smallest absolute Gasteiger partial charge is 0.462 e. The van der Waals surface area contributed by atoms with E-state index < -0.39 is 26.5 Å². The average Bonchev–Trinajstić information content (AvgIpc) is 3.41. The van der Waals surface area contributed by atoms with Gasteiger partial charge in [0.15, 0.2) is 6.10 Å². The number of esters is 2. The molecule has 3 N–H and O–H groups in total. The van der Waals surface area contributed by atoms with E-state index in [0.29, 0.717) is 6.42 Å². The van der Waals surface area contributed by atoms with Crippen LogP contribution in [0.5, 0.6) is 0 Å². The van der Waals surface area contributed by atoms with E-state index in [2.05, 4.69) is 38.2 Å². The van der Waals surface area contributed by atoms with Crippen LogP contribution in [0.1, 0.15) is 354 Å². The minimum Gasteiger partial charge on any atom is -0.462 e. The molecular weight excluding hydrogens is 966 g/mol. The number of hydrogen-bond acceptors (Lipinski definition) is 8. The summed E-state index contributed by atoms with van der Waals surface area (Å²) in [5.74, 6) is -0.819. The fourth-order valence-electron chi connectivity index (χ4n) is 10.1. The molecule has 0 saturated carbocycles. The van der Waals surface area contributed by atoms with Crippen LogP contribution < -0.4 is 5.73 Å². The van der Waals surface area contributed by atoms with E-state index in [0.717, 1.165) is 51.4 Å². The zero-order chi connectivity index (χ0) is 55.2. The number of hydrogen-bond donors (Lipinski definition) is 2. The zero-order valence-corrected chi connectivity index (χ0v) is 51.4. The lowest BCUT2D eigenvalue weighted by atomic mass is 10.0. The fraction of sp³-hybridized carbons (Fsp3) is 0.909. The summed E-state index contributed by atoms with van der Waals surface area (Å²) in [7, 11) is -4.39. The molecule has 450 valence electrons. The number of unbranched alkanes of at least 4 members (excludes halogenated alkanes) is 47. The molecule has 0 amide bonds. The molecule has 0 rings (SSSR count). The van der Waals surface area contributed by atoms with Crippen molar-refractivity contribution in [1.82, 2.24) is 0 Å². The molecule has 0 heterocycles. The quantitative estimate of drug-likeness (QED) is 0.0264. The van der Waals surface area contributed by atoms with Crippen molar-refractivity contribution in [3.63, 3.8) is 0 Å². The van der Waals surface area contributed by atoms with E-state index in [-0.39, 0.29) is 38.6 Å². The first-order valence-corrected chi connectivity index (χ1v) is 34.8. The third-order valence-electron chi connectivity index (χ3n) is 15.1. The summed E-state index contributed by atoms with van der Waals surface area (Å²) in [4.78, 5) is 35.2. The van der Waals surface area contributed by atoms with E-state index in [9.17, 15) is 19.0 Å². The summed E-state index contributed by atoms with van der Waals surface area (Å²) >= 11 is 0. The highest BCUT2D eigenvalue weighted by Crippen LogP contribution is 2.43. The third-order valence-corrected chi connectivity index (χ3v) is 16.0. The second-order valence-corrected chi connectivity index (χ2v) is 24.1. The summed E-state index contributed by atoms with van der Waals surface area (Å²) in [6.07, 6.45) is 75.8. The highest BCUT2D eigenvalue weighted by atomic mass is 31.2. The van der Waals surface area contributed by atoms with Crippen LogP contribution in [0.4, 0.5) is 0 Å². The molecule has 0 saturated heterocycles. The molecule has 0 aliphatic carbocycles. The van der Waals surface area contributed by atoms with Gasteiger partial charge in [-0.05, 0) is 64.2 Å². The zero-order valence-electron chi connectivity index (χ0n) is 50.5. The molecule has 0 radical (unpaired) electrons. The summed E-state index contributed by atoms with van der Waals surface area (Å²) in [5.41, 5.74) is 5.39. The molecule has 10 heteroatoms. The Labute approximate surface area is 472 Å². The number of allylic oxidation sites excluding steroid dienone is 4. The fourth-order valence-corrected chi connectivity index (χ4v) is 10.9. The van der Waals surface area contributed by atoms with E-state index in [1.165, 1.54) is 270 Å². The van der Waals surface area contributed by atoms with Gasteiger partial charge in [-0.1, -0.05) is 301 Å². The summed E-state index contributed by atoms with van der Waals surface area (Å²) in [5, 5.41) is 0. The number of carbonyl (C=O) groups excluding carboxylic acids is 2. The van der Waals surface area contributed by atoms with Gasteiger partial charge in [0.1, 0.15) is 6.61 Å². The number of phosphoric acid groups is 1. The third kappa shape index (κ3) is 61.7. The van der Waals surface area contributed by atoms with Gasteiger partial charge in [-0.25, -0.2) is 4.57 Å². The molecule has 2 atom stereocenters. The summed E-state index contributed by atoms with van der Waals surface area (Å²) < 4.78 is 33.1. The standard InChI is InChI=1S/C66H128NO8P/c1-3-5-7-9-11-13-15-17-19-21-22-23-24-25-26-27-28-29-30-31-32-33-34-35-36-37-38-39-40-41-42-43-45-47-49-51-53-55-57-59-66(69)75-64(63-74-76(70,71)73-61-60-67)62-72-65(68)58-56-54-52-50-48-46-44-20-18-16-14-12-10-8-6-4-2/h20-22,44,64H,3-19,23-43,45-63,67H2,1-2H3,(H,70,71)/b22-21-,44-20-. The van der Waals surface area contributed by atoms with Crippen molar-refractivity contribution in [2.45, 2.75) is 360 Å². The van der Waals surface area contributed by atoms with Crippen molar-refractivity contribution in [2.75, 3.05) is 26.4 Å². The summed E-state index contributed by atoms with van der Waals surface area (Å²) in [6.45, 7) is 3.79. The van der Waals surface area contributed by atoms with E-state index in [4.69, 9.17) is 24.3 Å². The van der Waals surface area contributed by atoms with Crippen molar-refractivity contribution in [3.05, 3.63) is 24.3 Å². The van der Waals surface area contributed by atoms with Crippen molar-refractivity contribution < 1.29 is 37.6 Å². The minimum atomic E-state index is -4.39. The van der Waals surface area contributed by atoms with Gasteiger partial charge < -0.3 is 20.1 Å².